The van der Waals surface area contributed by atoms with E-state index >= 15 is 0 Å². The number of hydrogen-bond acceptors (Lipinski definition) is 2. The molecular weight excluding hydrogens is 344 g/mol. The van der Waals surface area contributed by atoms with E-state index in [1.807, 2.05) is 0 Å². The number of ether oxygens (including phenoxy) is 2. The highest BCUT2D eigenvalue weighted by Gasteiger charge is 2.41. The molecule has 3 aromatic carbocycles. The standard InChI is InChI=1S/C26H30O2/c1-25(2,3)21-13-26(4,5)20-12-8-11-19-23(20)22(21)17-9-6-7-10-18(17)24(19)28-15-16-14-27-16/h6-12,16,21H,13-15H2,1-5H3. The SMILES string of the molecule is CC1(C)CC(C(C)(C)C)c2c3ccccc3c(OCC3CO3)c3cccc1c23. The minimum atomic E-state index is 0.143. The van der Waals surface area contributed by atoms with Gasteiger partial charge in [0.15, 0.2) is 0 Å². The second-order valence-corrected chi connectivity index (χ2v) is 10.3. The van der Waals surface area contributed by atoms with Gasteiger partial charge in [-0.1, -0.05) is 77.1 Å². The topological polar surface area (TPSA) is 21.8 Å². The molecule has 2 nitrogen and oxygen atoms in total. The molecule has 2 aliphatic rings. The summed E-state index contributed by atoms with van der Waals surface area (Å²) >= 11 is 0. The highest BCUT2D eigenvalue weighted by atomic mass is 16.6. The molecule has 146 valence electrons. The lowest BCUT2D eigenvalue weighted by Gasteiger charge is -2.44. The van der Waals surface area contributed by atoms with E-state index in [4.69, 9.17) is 9.47 Å². The zero-order chi connectivity index (χ0) is 19.7. The molecule has 0 saturated carbocycles. The van der Waals surface area contributed by atoms with Gasteiger partial charge in [0.25, 0.3) is 0 Å². The van der Waals surface area contributed by atoms with Crippen LogP contribution in [0.4, 0.5) is 0 Å². The summed E-state index contributed by atoms with van der Waals surface area (Å²) in [4.78, 5) is 0. The maximum Gasteiger partial charge on any atom is 0.135 e. The Balaban J connectivity index is 1.90. The lowest BCUT2D eigenvalue weighted by molar-refractivity contribution is 0.257. The van der Waals surface area contributed by atoms with E-state index < -0.39 is 0 Å². The van der Waals surface area contributed by atoms with E-state index in [1.54, 1.807) is 0 Å². The minimum absolute atomic E-state index is 0.143. The zero-order valence-electron chi connectivity index (χ0n) is 17.6. The molecule has 28 heavy (non-hydrogen) atoms. The average molecular weight is 375 g/mol. The van der Waals surface area contributed by atoms with Gasteiger partial charge in [0, 0.05) is 10.8 Å². The third kappa shape index (κ3) is 2.73. The van der Waals surface area contributed by atoms with Crippen molar-refractivity contribution in [3.8, 4) is 5.75 Å². The minimum Gasteiger partial charge on any atom is -0.489 e. The molecule has 2 heteroatoms. The number of hydrogen-bond donors (Lipinski definition) is 0. The van der Waals surface area contributed by atoms with Gasteiger partial charge in [0.05, 0.1) is 6.61 Å². The first kappa shape index (κ1) is 18.0. The van der Waals surface area contributed by atoms with Crippen LogP contribution in [-0.2, 0) is 10.2 Å². The van der Waals surface area contributed by atoms with E-state index in [-0.39, 0.29) is 16.9 Å². The monoisotopic (exact) mass is 374 g/mol. The van der Waals surface area contributed by atoms with Gasteiger partial charge in [-0.15, -0.1) is 0 Å². The average Bonchev–Trinajstić information content (AvgIpc) is 3.46. The van der Waals surface area contributed by atoms with Crippen LogP contribution in [0.3, 0.4) is 0 Å². The molecule has 0 aromatic heterocycles. The summed E-state index contributed by atoms with van der Waals surface area (Å²) in [6.07, 6.45) is 1.42. The lowest BCUT2D eigenvalue weighted by atomic mass is 9.60. The van der Waals surface area contributed by atoms with Gasteiger partial charge >= 0.3 is 0 Å². The van der Waals surface area contributed by atoms with Gasteiger partial charge < -0.3 is 9.47 Å². The van der Waals surface area contributed by atoms with Crippen LogP contribution < -0.4 is 4.74 Å². The van der Waals surface area contributed by atoms with Gasteiger partial charge in [-0.25, -0.2) is 0 Å². The summed E-state index contributed by atoms with van der Waals surface area (Å²) in [5, 5.41) is 5.26. The zero-order valence-corrected chi connectivity index (χ0v) is 17.6. The van der Waals surface area contributed by atoms with Crippen molar-refractivity contribution in [2.45, 2.75) is 58.5 Å². The van der Waals surface area contributed by atoms with Gasteiger partial charge in [0.1, 0.15) is 18.5 Å². The van der Waals surface area contributed by atoms with Crippen molar-refractivity contribution in [3.05, 3.63) is 53.6 Å². The first-order valence-corrected chi connectivity index (χ1v) is 10.5. The van der Waals surface area contributed by atoms with E-state index in [0.29, 0.717) is 12.5 Å². The normalized spacial score (nSPS) is 23.2. The van der Waals surface area contributed by atoms with Crippen molar-refractivity contribution in [3.63, 3.8) is 0 Å². The van der Waals surface area contributed by atoms with Crippen LogP contribution in [-0.4, -0.2) is 19.3 Å². The fourth-order valence-corrected chi connectivity index (χ4v) is 5.11. The van der Waals surface area contributed by atoms with Crippen LogP contribution in [0.15, 0.2) is 42.5 Å². The van der Waals surface area contributed by atoms with Crippen molar-refractivity contribution >= 4 is 21.5 Å². The molecule has 1 aliphatic carbocycles. The second kappa shape index (κ2) is 5.97. The molecule has 3 aromatic rings. The van der Waals surface area contributed by atoms with Crippen molar-refractivity contribution in [2.24, 2.45) is 5.41 Å². The fraction of sp³-hybridized carbons (Fsp3) is 0.462. The summed E-state index contributed by atoms with van der Waals surface area (Å²) in [7, 11) is 0. The van der Waals surface area contributed by atoms with E-state index in [9.17, 15) is 0 Å². The Morgan fingerprint density at radius 3 is 2.36 bits per heavy atom. The summed E-state index contributed by atoms with van der Waals surface area (Å²) in [5.41, 5.74) is 3.32. The Labute approximate surface area is 167 Å². The summed E-state index contributed by atoms with van der Waals surface area (Å²) in [6.45, 7) is 13.4. The Hall–Kier alpha value is -2.06. The Morgan fingerprint density at radius 1 is 1.00 bits per heavy atom. The third-order valence-electron chi connectivity index (χ3n) is 6.69. The number of fused-ring (bicyclic) bond motifs is 2. The smallest absolute Gasteiger partial charge is 0.135 e. The van der Waals surface area contributed by atoms with Crippen molar-refractivity contribution in [1.82, 2.24) is 0 Å². The fourth-order valence-electron chi connectivity index (χ4n) is 5.11. The maximum atomic E-state index is 6.40. The molecule has 2 atom stereocenters. The quantitative estimate of drug-likeness (QED) is 0.381. The molecule has 0 bridgehead atoms. The lowest BCUT2D eigenvalue weighted by Crippen LogP contribution is -2.32. The molecule has 1 heterocycles. The third-order valence-corrected chi connectivity index (χ3v) is 6.69. The molecule has 0 amide bonds. The molecule has 1 saturated heterocycles. The van der Waals surface area contributed by atoms with Crippen LogP contribution in [0.25, 0.3) is 21.5 Å². The summed E-state index contributed by atoms with van der Waals surface area (Å²) in [6, 6.07) is 15.6. The summed E-state index contributed by atoms with van der Waals surface area (Å²) in [5.74, 6) is 1.53. The Kier molecular flexibility index (Phi) is 3.84. The Bertz CT molecular complexity index is 1070. The number of rotatable bonds is 3. The molecule has 5 rings (SSSR count). The molecule has 1 aliphatic heterocycles. The van der Waals surface area contributed by atoms with Gasteiger partial charge in [-0.3, -0.25) is 0 Å². The molecule has 0 N–H and O–H groups in total. The van der Waals surface area contributed by atoms with Gasteiger partial charge in [0.2, 0.25) is 0 Å². The number of epoxide rings is 1. The maximum absolute atomic E-state index is 6.40. The van der Waals surface area contributed by atoms with E-state index in [1.165, 1.54) is 39.1 Å². The van der Waals surface area contributed by atoms with Crippen molar-refractivity contribution < 1.29 is 9.47 Å². The predicted molar refractivity (Wildman–Crippen MR) is 117 cm³/mol. The van der Waals surface area contributed by atoms with Crippen LogP contribution in [0.2, 0.25) is 0 Å². The molecule has 2 unspecified atom stereocenters. The van der Waals surface area contributed by atoms with Crippen LogP contribution in [0, 0.1) is 5.41 Å². The van der Waals surface area contributed by atoms with Crippen LogP contribution in [0.1, 0.15) is 58.1 Å². The van der Waals surface area contributed by atoms with Crippen LogP contribution >= 0.6 is 0 Å². The van der Waals surface area contributed by atoms with Crippen LogP contribution in [0.5, 0.6) is 5.75 Å². The number of benzene rings is 3. The largest absolute Gasteiger partial charge is 0.489 e. The van der Waals surface area contributed by atoms with Gasteiger partial charge in [-0.05, 0) is 45.1 Å². The van der Waals surface area contributed by atoms with Gasteiger partial charge in [-0.2, -0.15) is 0 Å². The highest BCUT2D eigenvalue weighted by Crippen LogP contribution is 2.56. The van der Waals surface area contributed by atoms with Crippen molar-refractivity contribution in [2.75, 3.05) is 13.2 Å². The predicted octanol–water partition coefficient (Wildman–Crippen LogP) is 6.58. The first-order chi connectivity index (χ1) is 13.3. The summed E-state index contributed by atoms with van der Waals surface area (Å²) < 4.78 is 11.8. The van der Waals surface area contributed by atoms with E-state index in [0.717, 1.165) is 12.4 Å². The molecular formula is C26H30O2. The molecule has 0 radical (unpaired) electrons. The molecule has 0 spiro atoms. The molecule has 1 fully saturated rings. The first-order valence-electron chi connectivity index (χ1n) is 10.5. The highest BCUT2D eigenvalue weighted by molar-refractivity contribution is 6.10. The van der Waals surface area contributed by atoms with E-state index in [2.05, 4.69) is 77.1 Å². The second-order valence-electron chi connectivity index (χ2n) is 10.3. The Morgan fingerprint density at radius 2 is 1.68 bits per heavy atom. The van der Waals surface area contributed by atoms with Crippen molar-refractivity contribution in [1.29, 1.82) is 0 Å².